The van der Waals surface area contributed by atoms with Gasteiger partial charge in [0.05, 0.1) is 30.2 Å². The van der Waals surface area contributed by atoms with Crippen LogP contribution >= 0.6 is 0 Å². The molecular formula is C42H62N6O10. The Kier molecular flexibility index (Phi) is 16.4. The summed E-state index contributed by atoms with van der Waals surface area (Å²) >= 11 is 0. The molecule has 3 aliphatic rings. The first kappa shape index (κ1) is 45.8. The Balaban J connectivity index is 1.50. The maximum atomic E-state index is 14.7. The number of aliphatic carboxylic acids is 1. The third-order valence-corrected chi connectivity index (χ3v) is 11.2. The number of hydrogen-bond donors (Lipinski definition) is 6. The first-order chi connectivity index (χ1) is 27.3. The minimum absolute atomic E-state index is 0.0602. The van der Waals surface area contributed by atoms with Gasteiger partial charge < -0.3 is 41.7 Å². The second-order valence-corrected chi connectivity index (χ2v) is 17.4. The summed E-state index contributed by atoms with van der Waals surface area (Å²) in [5.41, 5.74) is 5.31. The molecule has 6 amide bonds. The maximum Gasteiger partial charge on any atom is 0.306 e. The third kappa shape index (κ3) is 13.1. The van der Waals surface area contributed by atoms with Gasteiger partial charge in [0.1, 0.15) is 18.1 Å². The van der Waals surface area contributed by atoms with Gasteiger partial charge in [0.2, 0.25) is 35.3 Å². The molecule has 2 saturated carbocycles. The normalized spacial score (nSPS) is 22.9. The Morgan fingerprint density at radius 1 is 0.845 bits per heavy atom. The van der Waals surface area contributed by atoms with E-state index in [0.29, 0.717) is 44.1 Å². The van der Waals surface area contributed by atoms with Crippen molar-refractivity contribution in [1.29, 1.82) is 0 Å². The average Bonchev–Trinajstić information content (AvgIpc) is 3.60. The van der Waals surface area contributed by atoms with Gasteiger partial charge in [0, 0.05) is 18.9 Å². The van der Waals surface area contributed by atoms with E-state index in [0.717, 1.165) is 19.3 Å². The number of Topliss-reactive ketones (excluding diaryl/α,β-unsaturated/α-hetero) is 1. The number of carbonyl (C=O) groups is 8. The number of carboxylic acid groups (broad SMARTS) is 1. The molecule has 16 heteroatoms. The maximum absolute atomic E-state index is 14.7. The first-order valence-corrected chi connectivity index (χ1v) is 20.6. The van der Waals surface area contributed by atoms with Crippen molar-refractivity contribution in [3.05, 3.63) is 35.9 Å². The fraction of sp³-hybridized carbons (Fsp3) is 0.667. The number of hydrogen-bond acceptors (Lipinski definition) is 9. The molecule has 1 aromatic carbocycles. The van der Waals surface area contributed by atoms with Crippen molar-refractivity contribution in [1.82, 2.24) is 26.2 Å². The highest BCUT2D eigenvalue weighted by Crippen LogP contribution is 2.33. The molecule has 1 heterocycles. The minimum atomic E-state index is -1.30. The van der Waals surface area contributed by atoms with E-state index in [4.69, 9.17) is 10.5 Å². The number of ketones is 1. The lowest BCUT2D eigenvalue weighted by Crippen LogP contribution is -2.58. The highest BCUT2D eigenvalue weighted by Gasteiger charge is 2.46. The summed E-state index contributed by atoms with van der Waals surface area (Å²) in [6.45, 7) is 8.64. The van der Waals surface area contributed by atoms with Crippen molar-refractivity contribution in [3.63, 3.8) is 0 Å². The summed E-state index contributed by atoms with van der Waals surface area (Å²) in [5.74, 6) is -7.22. The molecule has 0 aromatic heterocycles. The van der Waals surface area contributed by atoms with Gasteiger partial charge in [0.25, 0.3) is 5.91 Å². The zero-order valence-corrected chi connectivity index (χ0v) is 34.4. The van der Waals surface area contributed by atoms with Crippen LogP contribution in [0.25, 0.3) is 0 Å². The minimum Gasteiger partial charge on any atom is -0.481 e. The van der Waals surface area contributed by atoms with Gasteiger partial charge >= 0.3 is 5.97 Å². The van der Waals surface area contributed by atoms with E-state index in [2.05, 4.69) is 21.3 Å². The number of nitrogens with two attached hydrogens (primary N) is 1. The number of carboxylic acids is 1. The number of rotatable bonds is 17. The molecular weight excluding hydrogens is 748 g/mol. The second-order valence-electron chi connectivity index (χ2n) is 17.4. The lowest BCUT2D eigenvalue weighted by molar-refractivity contribution is -0.146. The summed E-state index contributed by atoms with van der Waals surface area (Å²) < 4.78 is 6.26. The molecule has 3 fully saturated rings. The van der Waals surface area contributed by atoms with E-state index < -0.39 is 95.5 Å². The molecule has 320 valence electrons. The molecule has 1 aromatic rings. The lowest BCUT2D eigenvalue weighted by Gasteiger charge is -2.36. The van der Waals surface area contributed by atoms with Crippen LogP contribution in [0.3, 0.4) is 0 Å². The van der Waals surface area contributed by atoms with Crippen LogP contribution < -0.4 is 27.0 Å². The van der Waals surface area contributed by atoms with Crippen LogP contribution in [-0.2, 0) is 43.1 Å². The van der Waals surface area contributed by atoms with Crippen molar-refractivity contribution in [3.8, 4) is 0 Å². The molecule has 4 rings (SSSR count). The number of nitrogens with zero attached hydrogens (tertiary/aromatic N) is 1. The number of ether oxygens (including phenoxy) is 1. The zero-order valence-electron chi connectivity index (χ0n) is 34.4. The van der Waals surface area contributed by atoms with Crippen molar-refractivity contribution >= 4 is 47.2 Å². The van der Waals surface area contributed by atoms with Gasteiger partial charge in [-0.1, -0.05) is 63.4 Å². The van der Waals surface area contributed by atoms with Crippen LogP contribution in [0.4, 0.5) is 0 Å². The van der Waals surface area contributed by atoms with Crippen LogP contribution in [0.1, 0.15) is 117 Å². The summed E-state index contributed by atoms with van der Waals surface area (Å²) in [5, 5.41) is 19.9. The Morgan fingerprint density at radius 3 is 2.03 bits per heavy atom. The van der Waals surface area contributed by atoms with Gasteiger partial charge in [-0.3, -0.25) is 38.4 Å². The Morgan fingerprint density at radius 2 is 1.47 bits per heavy atom. The van der Waals surface area contributed by atoms with Crippen molar-refractivity contribution < 1.29 is 48.2 Å². The van der Waals surface area contributed by atoms with Crippen LogP contribution in [0.2, 0.25) is 0 Å². The number of amides is 6. The zero-order chi connectivity index (χ0) is 42.7. The average molecular weight is 811 g/mol. The largest absolute Gasteiger partial charge is 0.481 e. The molecule has 7 N–H and O–H groups in total. The molecule has 1 saturated heterocycles. The van der Waals surface area contributed by atoms with E-state index in [1.165, 1.54) is 4.90 Å². The quantitative estimate of drug-likeness (QED) is 0.125. The fourth-order valence-electron chi connectivity index (χ4n) is 8.33. The molecule has 58 heavy (non-hydrogen) atoms. The summed E-state index contributed by atoms with van der Waals surface area (Å²) in [4.78, 5) is 107. The molecule has 2 aliphatic carbocycles. The van der Waals surface area contributed by atoms with Crippen molar-refractivity contribution in [2.24, 2.45) is 29.4 Å². The molecule has 0 spiro atoms. The van der Waals surface area contributed by atoms with Crippen LogP contribution in [0, 0.1) is 23.7 Å². The van der Waals surface area contributed by atoms with Gasteiger partial charge in [0.15, 0.2) is 0 Å². The molecule has 0 bridgehead atoms. The Labute approximate surface area is 340 Å². The fourth-order valence-corrected chi connectivity index (χ4v) is 8.33. The molecule has 1 aliphatic heterocycles. The Bertz CT molecular complexity index is 1650. The van der Waals surface area contributed by atoms with E-state index in [9.17, 15) is 43.5 Å². The standard InChI is InChI=1S/C42H62N6O10/c1-24(2)20-30(35(50)39(54)44-22-32(49)46-33(36(43)51)25-12-8-6-9-13-25)45-38(53)31-21-29(58-42(3,4)5)23-48(31)40(55)34(26-14-10-7-11-15-26)47-37(52)27-16-18-28(19-17-27)41(56)57/h6,8-9,12-13,24,26-31,33-34H,7,10-11,14-23H2,1-5H3,(H2,43,51)(H,44,54)(H,45,53)(H,46,49)(H,47,52)(H,56,57)/t27?,28?,29-,30?,31+,33+,34+/m1/s1. The number of likely N-dealkylation sites (tertiary alicyclic amines) is 1. The van der Waals surface area contributed by atoms with E-state index in [1.54, 1.807) is 30.3 Å². The van der Waals surface area contributed by atoms with Crippen LogP contribution in [0.15, 0.2) is 30.3 Å². The van der Waals surface area contributed by atoms with Crippen LogP contribution in [-0.4, -0.2) is 100 Å². The molecule has 16 nitrogen and oxygen atoms in total. The molecule has 5 atom stereocenters. The van der Waals surface area contributed by atoms with E-state index in [1.807, 2.05) is 34.6 Å². The Hall–Kier alpha value is -4.86. The SMILES string of the molecule is CC(C)CC(NC(=O)[C@@H]1C[C@@H](OC(C)(C)C)CN1C(=O)[C@@H](NC(=O)C1CCC(C(=O)O)CC1)C1CCCCC1)C(=O)C(=O)NCC(=O)N[C@H](C(N)=O)c1ccccc1. The van der Waals surface area contributed by atoms with Crippen molar-refractivity contribution in [2.75, 3.05) is 13.1 Å². The van der Waals surface area contributed by atoms with Gasteiger partial charge in [-0.2, -0.15) is 0 Å². The highest BCUT2D eigenvalue weighted by molar-refractivity contribution is 6.38. The predicted octanol–water partition coefficient (Wildman–Crippen LogP) is 2.29. The highest BCUT2D eigenvalue weighted by atomic mass is 16.5. The monoisotopic (exact) mass is 810 g/mol. The van der Waals surface area contributed by atoms with E-state index >= 15 is 0 Å². The first-order valence-electron chi connectivity index (χ1n) is 20.6. The molecule has 0 radical (unpaired) electrons. The smallest absolute Gasteiger partial charge is 0.306 e. The third-order valence-electron chi connectivity index (χ3n) is 11.2. The second kappa shape index (κ2) is 20.7. The van der Waals surface area contributed by atoms with Crippen molar-refractivity contribution in [2.45, 2.75) is 141 Å². The lowest BCUT2D eigenvalue weighted by atomic mass is 9.80. The number of nitrogens with one attached hydrogen (secondary N) is 4. The topological polar surface area (TPSA) is 243 Å². The van der Waals surface area contributed by atoms with E-state index in [-0.39, 0.29) is 37.1 Å². The summed E-state index contributed by atoms with van der Waals surface area (Å²) in [6, 6.07) is 3.82. The number of primary amides is 1. The summed E-state index contributed by atoms with van der Waals surface area (Å²) in [6.07, 6.45) is 5.39. The number of benzene rings is 1. The van der Waals surface area contributed by atoms with Gasteiger partial charge in [-0.15, -0.1) is 0 Å². The van der Waals surface area contributed by atoms with Gasteiger partial charge in [-0.25, -0.2) is 0 Å². The van der Waals surface area contributed by atoms with Gasteiger partial charge in [-0.05, 0) is 83.1 Å². The van der Waals surface area contributed by atoms with Crippen LogP contribution in [0.5, 0.6) is 0 Å². The predicted molar refractivity (Wildman–Crippen MR) is 212 cm³/mol. The number of carbonyl (C=O) groups excluding carboxylic acids is 7. The summed E-state index contributed by atoms with van der Waals surface area (Å²) in [7, 11) is 0. The molecule has 1 unspecified atom stereocenters.